The third-order valence-corrected chi connectivity index (χ3v) is 4.12. The molecule has 2 rings (SSSR count). The van der Waals surface area contributed by atoms with E-state index in [4.69, 9.17) is 11.6 Å². The Morgan fingerprint density at radius 2 is 2.05 bits per heavy atom. The molecule has 1 heterocycles. The number of hydrogen-bond donors (Lipinski definition) is 0. The molecule has 1 atom stereocenters. The molecule has 0 aliphatic carbocycles. The van der Waals surface area contributed by atoms with Gasteiger partial charge in [0.1, 0.15) is 5.92 Å². The molecule has 0 saturated carbocycles. The topological polar surface area (TPSA) is 44.1 Å². The first-order valence-corrected chi connectivity index (χ1v) is 7.25. The van der Waals surface area contributed by atoms with Gasteiger partial charge in [-0.15, -0.1) is 11.3 Å². The number of carbonyl (C=O) groups excluding carboxylic acids is 1. The molecule has 1 aromatic carbocycles. The van der Waals surface area contributed by atoms with Crippen LogP contribution in [0.25, 0.3) is 0 Å². The number of nitrogens with zero attached hydrogens (tertiary/aromatic N) is 2. The van der Waals surface area contributed by atoms with E-state index in [1.807, 2.05) is 24.3 Å². The predicted molar refractivity (Wildman–Crippen MR) is 80.6 cm³/mol. The van der Waals surface area contributed by atoms with Crippen molar-refractivity contribution in [2.45, 2.75) is 12.5 Å². The van der Waals surface area contributed by atoms with Gasteiger partial charge in [0.05, 0.1) is 17.0 Å². The largest absolute Gasteiger partial charge is 0.339 e. The minimum Gasteiger partial charge on any atom is -0.339 e. The first kappa shape index (κ1) is 14.6. The van der Waals surface area contributed by atoms with Crippen LogP contribution in [-0.2, 0) is 11.3 Å². The number of benzene rings is 1. The van der Waals surface area contributed by atoms with Gasteiger partial charge in [0.15, 0.2) is 0 Å². The van der Waals surface area contributed by atoms with Gasteiger partial charge in [-0.25, -0.2) is 0 Å². The van der Waals surface area contributed by atoms with Gasteiger partial charge in [0.25, 0.3) is 0 Å². The highest BCUT2D eigenvalue weighted by molar-refractivity contribution is 7.16. The van der Waals surface area contributed by atoms with E-state index in [9.17, 15) is 10.1 Å². The van der Waals surface area contributed by atoms with E-state index in [2.05, 4.69) is 6.07 Å². The molecule has 0 aliphatic rings. The molecule has 5 heteroatoms. The fourth-order valence-electron chi connectivity index (χ4n) is 1.89. The SMILES string of the molecule is CN(Cc1ccc(Cl)s1)C(=O)C(C#N)c1ccccc1. The lowest BCUT2D eigenvalue weighted by Gasteiger charge is -2.19. The van der Waals surface area contributed by atoms with E-state index >= 15 is 0 Å². The minimum absolute atomic E-state index is 0.205. The summed E-state index contributed by atoms with van der Waals surface area (Å²) >= 11 is 7.31. The molecule has 1 aromatic heterocycles. The zero-order chi connectivity index (χ0) is 14.5. The van der Waals surface area contributed by atoms with Crippen LogP contribution in [0.4, 0.5) is 0 Å². The average Bonchev–Trinajstić information content (AvgIpc) is 2.86. The van der Waals surface area contributed by atoms with Crippen LogP contribution in [0.3, 0.4) is 0 Å². The maximum atomic E-state index is 12.4. The third-order valence-electron chi connectivity index (χ3n) is 2.91. The highest BCUT2D eigenvalue weighted by Gasteiger charge is 2.23. The molecule has 0 aliphatic heterocycles. The van der Waals surface area contributed by atoms with Gasteiger partial charge in [0.2, 0.25) is 5.91 Å². The van der Waals surface area contributed by atoms with Gasteiger partial charge < -0.3 is 4.90 Å². The summed E-state index contributed by atoms with van der Waals surface area (Å²) in [5.41, 5.74) is 0.719. The Hall–Kier alpha value is -1.83. The van der Waals surface area contributed by atoms with E-state index in [0.29, 0.717) is 10.9 Å². The van der Waals surface area contributed by atoms with Gasteiger partial charge in [-0.05, 0) is 17.7 Å². The fourth-order valence-corrected chi connectivity index (χ4v) is 3.03. The van der Waals surface area contributed by atoms with Crippen molar-refractivity contribution in [2.75, 3.05) is 7.05 Å². The quantitative estimate of drug-likeness (QED) is 0.865. The van der Waals surface area contributed by atoms with E-state index in [1.165, 1.54) is 11.3 Å². The van der Waals surface area contributed by atoms with Crippen LogP contribution < -0.4 is 0 Å². The smallest absolute Gasteiger partial charge is 0.244 e. The van der Waals surface area contributed by atoms with E-state index in [-0.39, 0.29) is 5.91 Å². The zero-order valence-electron chi connectivity index (χ0n) is 10.9. The lowest BCUT2D eigenvalue weighted by atomic mass is 9.99. The van der Waals surface area contributed by atoms with Gasteiger partial charge in [-0.3, -0.25) is 4.79 Å². The zero-order valence-corrected chi connectivity index (χ0v) is 12.5. The molecule has 0 bridgehead atoms. The molecule has 0 radical (unpaired) electrons. The highest BCUT2D eigenvalue weighted by atomic mass is 35.5. The van der Waals surface area contributed by atoms with Crippen LogP contribution >= 0.6 is 22.9 Å². The minimum atomic E-state index is -0.767. The van der Waals surface area contributed by atoms with Crippen LogP contribution in [-0.4, -0.2) is 17.9 Å². The summed E-state index contributed by atoms with van der Waals surface area (Å²) < 4.78 is 0.695. The van der Waals surface area contributed by atoms with Crippen LogP contribution in [0.1, 0.15) is 16.4 Å². The summed E-state index contributed by atoms with van der Waals surface area (Å²) in [6, 6.07) is 14.9. The van der Waals surface area contributed by atoms with Gasteiger partial charge in [-0.1, -0.05) is 41.9 Å². The summed E-state index contributed by atoms with van der Waals surface area (Å²) in [6.07, 6.45) is 0. The van der Waals surface area contributed by atoms with Crippen LogP contribution in [0.15, 0.2) is 42.5 Å². The Kier molecular flexibility index (Phi) is 4.78. The molecular formula is C15H13ClN2OS. The maximum Gasteiger partial charge on any atom is 0.244 e. The van der Waals surface area contributed by atoms with Crippen molar-refractivity contribution in [2.24, 2.45) is 0 Å². The molecule has 2 aromatic rings. The average molecular weight is 305 g/mol. The Morgan fingerprint density at radius 3 is 2.60 bits per heavy atom. The van der Waals surface area contributed by atoms with E-state index in [0.717, 1.165) is 10.4 Å². The summed E-state index contributed by atoms with van der Waals surface area (Å²) in [6.45, 7) is 0.460. The molecule has 0 N–H and O–H groups in total. The lowest BCUT2D eigenvalue weighted by molar-refractivity contribution is -0.130. The van der Waals surface area contributed by atoms with E-state index in [1.54, 1.807) is 30.1 Å². The number of likely N-dealkylation sites (N-methyl/N-ethyl adjacent to an activating group) is 1. The molecule has 0 spiro atoms. The summed E-state index contributed by atoms with van der Waals surface area (Å²) in [5.74, 6) is -0.972. The third kappa shape index (κ3) is 3.38. The Balaban J connectivity index is 2.11. The lowest BCUT2D eigenvalue weighted by Crippen LogP contribution is -2.30. The van der Waals surface area contributed by atoms with Crippen molar-refractivity contribution in [3.63, 3.8) is 0 Å². The number of amides is 1. The number of hydrogen-bond acceptors (Lipinski definition) is 3. The van der Waals surface area contributed by atoms with Crippen LogP contribution in [0, 0.1) is 11.3 Å². The van der Waals surface area contributed by atoms with Gasteiger partial charge in [-0.2, -0.15) is 5.26 Å². The second-order valence-corrected chi connectivity index (χ2v) is 6.17. The first-order valence-electron chi connectivity index (χ1n) is 6.05. The van der Waals surface area contributed by atoms with Crippen molar-refractivity contribution in [3.8, 4) is 6.07 Å². The molecule has 1 unspecified atom stereocenters. The molecule has 3 nitrogen and oxygen atoms in total. The Bertz CT molecular complexity index is 633. The van der Waals surface area contributed by atoms with Gasteiger partial charge >= 0.3 is 0 Å². The Labute approximate surface area is 127 Å². The summed E-state index contributed by atoms with van der Waals surface area (Å²) in [7, 11) is 1.70. The summed E-state index contributed by atoms with van der Waals surface area (Å²) in [4.78, 5) is 14.9. The van der Waals surface area contributed by atoms with Crippen molar-refractivity contribution >= 4 is 28.8 Å². The molecule has 20 heavy (non-hydrogen) atoms. The predicted octanol–water partition coefficient (Wildman–Crippen LogP) is 3.67. The van der Waals surface area contributed by atoms with Crippen molar-refractivity contribution in [3.05, 3.63) is 57.2 Å². The number of thiophene rings is 1. The first-order chi connectivity index (χ1) is 9.61. The summed E-state index contributed by atoms with van der Waals surface area (Å²) in [5, 5.41) is 9.25. The highest BCUT2D eigenvalue weighted by Crippen LogP contribution is 2.24. The maximum absolute atomic E-state index is 12.4. The number of carbonyl (C=O) groups is 1. The monoisotopic (exact) mass is 304 g/mol. The van der Waals surface area contributed by atoms with E-state index < -0.39 is 5.92 Å². The molecule has 1 amide bonds. The second-order valence-electron chi connectivity index (χ2n) is 4.37. The van der Waals surface area contributed by atoms with Crippen LogP contribution in [0.2, 0.25) is 4.34 Å². The second kappa shape index (κ2) is 6.56. The normalized spacial score (nSPS) is 11.7. The molecule has 0 saturated heterocycles. The molecular weight excluding hydrogens is 292 g/mol. The Morgan fingerprint density at radius 1 is 1.35 bits per heavy atom. The molecule has 0 fully saturated rings. The number of rotatable bonds is 4. The van der Waals surface area contributed by atoms with Crippen LogP contribution in [0.5, 0.6) is 0 Å². The van der Waals surface area contributed by atoms with Crippen molar-refractivity contribution < 1.29 is 4.79 Å². The van der Waals surface area contributed by atoms with Gasteiger partial charge in [0, 0.05) is 11.9 Å². The fraction of sp³-hybridized carbons (Fsp3) is 0.200. The number of halogens is 1. The standard InChI is InChI=1S/C15H13ClN2OS/c1-18(10-12-7-8-14(16)20-12)15(19)13(9-17)11-5-3-2-4-6-11/h2-8,13H,10H2,1H3. The van der Waals surface area contributed by atoms with Crippen molar-refractivity contribution in [1.29, 1.82) is 5.26 Å². The molecule has 102 valence electrons. The van der Waals surface area contributed by atoms with Crippen molar-refractivity contribution in [1.82, 2.24) is 4.90 Å². The number of nitriles is 1.